The van der Waals surface area contributed by atoms with Gasteiger partial charge >= 0.3 is 0 Å². The molecule has 11 heavy (non-hydrogen) atoms. The quantitative estimate of drug-likeness (QED) is 0.630. The highest BCUT2D eigenvalue weighted by molar-refractivity contribution is 9.10. The first-order valence-corrected chi connectivity index (χ1v) is 4.38. The van der Waals surface area contributed by atoms with Crippen molar-refractivity contribution in [1.82, 2.24) is 9.82 Å². The SMILES string of the molecule is C[C@H](NCl)c1ccnc(Br)c1. The molecule has 0 amide bonds. The fourth-order valence-electron chi connectivity index (χ4n) is 0.750. The van der Waals surface area contributed by atoms with Gasteiger partial charge in [0.2, 0.25) is 0 Å². The second kappa shape index (κ2) is 4.04. The molecule has 0 saturated carbocycles. The summed E-state index contributed by atoms with van der Waals surface area (Å²) in [4.78, 5) is 6.63. The fraction of sp³-hybridized carbons (Fsp3) is 0.286. The van der Waals surface area contributed by atoms with Crippen molar-refractivity contribution in [1.29, 1.82) is 0 Å². The molecule has 0 saturated heterocycles. The van der Waals surface area contributed by atoms with E-state index in [4.69, 9.17) is 11.8 Å². The Labute approximate surface area is 79.2 Å². The summed E-state index contributed by atoms with van der Waals surface area (Å²) in [7, 11) is 0. The molecule has 1 N–H and O–H groups in total. The molecule has 2 nitrogen and oxygen atoms in total. The van der Waals surface area contributed by atoms with Gasteiger partial charge in [0.05, 0.1) is 0 Å². The molecular weight excluding hydrogens is 227 g/mol. The first kappa shape index (κ1) is 8.97. The van der Waals surface area contributed by atoms with Crippen LogP contribution in [0.3, 0.4) is 0 Å². The summed E-state index contributed by atoms with van der Waals surface area (Å²) in [5, 5.41) is 0. The summed E-state index contributed by atoms with van der Waals surface area (Å²) in [6.45, 7) is 1.98. The number of aromatic nitrogens is 1. The average Bonchev–Trinajstić information content (AvgIpc) is 2.03. The maximum atomic E-state index is 5.45. The van der Waals surface area contributed by atoms with Crippen LogP contribution in [-0.2, 0) is 0 Å². The lowest BCUT2D eigenvalue weighted by molar-refractivity contribution is 0.742. The van der Waals surface area contributed by atoms with E-state index in [1.54, 1.807) is 6.20 Å². The number of hydrogen-bond acceptors (Lipinski definition) is 2. The van der Waals surface area contributed by atoms with Gasteiger partial charge in [-0.05, 0) is 52.3 Å². The molecule has 0 spiro atoms. The Morgan fingerprint density at radius 2 is 2.45 bits per heavy atom. The predicted molar refractivity (Wildman–Crippen MR) is 49.3 cm³/mol. The lowest BCUT2D eigenvalue weighted by Gasteiger charge is -2.07. The Kier molecular flexibility index (Phi) is 3.30. The largest absolute Gasteiger partial charge is 0.249 e. The number of nitrogens with zero attached hydrogens (tertiary/aromatic N) is 1. The van der Waals surface area contributed by atoms with Crippen molar-refractivity contribution in [3.63, 3.8) is 0 Å². The molecule has 0 fully saturated rings. The molecule has 0 unspecified atom stereocenters. The highest BCUT2D eigenvalue weighted by Gasteiger charge is 2.02. The fourth-order valence-corrected chi connectivity index (χ4v) is 1.26. The van der Waals surface area contributed by atoms with Gasteiger partial charge in [-0.2, -0.15) is 0 Å². The lowest BCUT2D eigenvalue weighted by Crippen LogP contribution is -2.06. The molecule has 0 aliphatic heterocycles. The van der Waals surface area contributed by atoms with E-state index < -0.39 is 0 Å². The Bertz CT molecular complexity index is 242. The van der Waals surface area contributed by atoms with E-state index in [0.717, 1.165) is 10.2 Å². The zero-order valence-corrected chi connectivity index (χ0v) is 8.35. The Hall–Kier alpha value is -0.120. The Morgan fingerprint density at radius 1 is 1.73 bits per heavy atom. The number of rotatable bonds is 2. The molecule has 1 aromatic heterocycles. The summed E-state index contributed by atoms with van der Waals surface area (Å²) in [6, 6.07) is 4.00. The van der Waals surface area contributed by atoms with Gasteiger partial charge < -0.3 is 0 Å². The summed E-state index contributed by atoms with van der Waals surface area (Å²) in [6.07, 6.45) is 1.74. The molecule has 1 atom stereocenters. The van der Waals surface area contributed by atoms with Gasteiger partial charge in [-0.3, -0.25) is 0 Å². The molecule has 0 aliphatic carbocycles. The van der Waals surface area contributed by atoms with Gasteiger partial charge in [0.1, 0.15) is 4.60 Å². The van der Waals surface area contributed by atoms with E-state index in [9.17, 15) is 0 Å². The van der Waals surface area contributed by atoms with Crippen molar-refractivity contribution in [2.24, 2.45) is 0 Å². The minimum Gasteiger partial charge on any atom is -0.249 e. The smallest absolute Gasteiger partial charge is 0.106 e. The molecule has 0 bridgehead atoms. The number of hydrogen-bond donors (Lipinski definition) is 1. The van der Waals surface area contributed by atoms with E-state index in [1.807, 2.05) is 19.1 Å². The molecule has 0 aromatic carbocycles. The van der Waals surface area contributed by atoms with E-state index in [-0.39, 0.29) is 6.04 Å². The van der Waals surface area contributed by atoms with Gasteiger partial charge in [-0.25, -0.2) is 9.82 Å². The molecule has 0 aliphatic rings. The van der Waals surface area contributed by atoms with Crippen LogP contribution in [-0.4, -0.2) is 4.98 Å². The summed E-state index contributed by atoms with van der Waals surface area (Å²) < 4.78 is 0.828. The molecular formula is C7H8BrClN2. The van der Waals surface area contributed by atoms with Gasteiger partial charge in [0.15, 0.2) is 0 Å². The zero-order valence-electron chi connectivity index (χ0n) is 6.01. The van der Waals surface area contributed by atoms with Crippen molar-refractivity contribution >= 4 is 27.7 Å². The highest BCUT2D eigenvalue weighted by atomic mass is 79.9. The minimum atomic E-state index is 0.149. The van der Waals surface area contributed by atoms with Crippen molar-refractivity contribution in [3.05, 3.63) is 28.5 Å². The monoisotopic (exact) mass is 234 g/mol. The van der Waals surface area contributed by atoms with Gasteiger partial charge in [0.25, 0.3) is 0 Å². The zero-order chi connectivity index (χ0) is 8.27. The second-order valence-electron chi connectivity index (χ2n) is 2.24. The number of pyridine rings is 1. The molecule has 4 heteroatoms. The molecule has 1 rings (SSSR count). The summed E-state index contributed by atoms with van der Waals surface area (Å²) >= 11 is 8.73. The third-order valence-electron chi connectivity index (χ3n) is 1.41. The van der Waals surface area contributed by atoms with Crippen LogP contribution < -0.4 is 4.84 Å². The topological polar surface area (TPSA) is 24.9 Å². The summed E-state index contributed by atoms with van der Waals surface area (Å²) in [5.41, 5.74) is 1.11. The van der Waals surface area contributed by atoms with Crippen LogP contribution in [0.25, 0.3) is 0 Å². The third-order valence-corrected chi connectivity index (χ3v) is 2.18. The van der Waals surface area contributed by atoms with Crippen LogP contribution in [0.5, 0.6) is 0 Å². The van der Waals surface area contributed by atoms with E-state index >= 15 is 0 Å². The molecule has 1 aromatic rings. The summed E-state index contributed by atoms with van der Waals surface area (Å²) in [5.74, 6) is 0. The average molecular weight is 236 g/mol. The van der Waals surface area contributed by atoms with E-state index in [0.29, 0.717) is 0 Å². The van der Waals surface area contributed by atoms with Crippen LogP contribution in [0.4, 0.5) is 0 Å². The van der Waals surface area contributed by atoms with Crippen molar-refractivity contribution in [2.75, 3.05) is 0 Å². The predicted octanol–water partition coefficient (Wildman–Crippen LogP) is 2.65. The maximum absolute atomic E-state index is 5.45. The van der Waals surface area contributed by atoms with Crippen LogP contribution >= 0.6 is 27.7 Å². The minimum absolute atomic E-state index is 0.149. The molecule has 60 valence electrons. The standard InChI is InChI=1S/C7H8BrClN2/c1-5(11-9)6-2-3-10-7(8)4-6/h2-5,11H,1H3/t5-/m0/s1. The maximum Gasteiger partial charge on any atom is 0.106 e. The molecule has 0 radical (unpaired) electrons. The van der Waals surface area contributed by atoms with E-state index in [1.165, 1.54) is 0 Å². The van der Waals surface area contributed by atoms with Gasteiger partial charge in [-0.15, -0.1) is 0 Å². The number of halogens is 2. The van der Waals surface area contributed by atoms with Gasteiger partial charge in [-0.1, -0.05) is 0 Å². The second-order valence-corrected chi connectivity index (χ2v) is 3.27. The normalized spacial score (nSPS) is 13.0. The van der Waals surface area contributed by atoms with Crippen molar-refractivity contribution in [3.8, 4) is 0 Å². The van der Waals surface area contributed by atoms with E-state index in [2.05, 4.69) is 25.7 Å². The molecule has 1 heterocycles. The van der Waals surface area contributed by atoms with Crippen LogP contribution in [0.2, 0.25) is 0 Å². The van der Waals surface area contributed by atoms with Crippen molar-refractivity contribution < 1.29 is 0 Å². The van der Waals surface area contributed by atoms with Crippen LogP contribution in [0, 0.1) is 0 Å². The Balaban J connectivity index is 2.86. The highest BCUT2D eigenvalue weighted by Crippen LogP contribution is 2.15. The first-order valence-electron chi connectivity index (χ1n) is 3.21. The Morgan fingerprint density at radius 3 is 3.00 bits per heavy atom. The van der Waals surface area contributed by atoms with Crippen molar-refractivity contribution in [2.45, 2.75) is 13.0 Å². The third kappa shape index (κ3) is 2.43. The van der Waals surface area contributed by atoms with Crippen LogP contribution in [0.1, 0.15) is 18.5 Å². The lowest BCUT2D eigenvalue weighted by atomic mass is 10.1. The first-order chi connectivity index (χ1) is 5.24. The van der Waals surface area contributed by atoms with Crippen LogP contribution in [0.15, 0.2) is 22.9 Å². The number of nitrogens with one attached hydrogen (secondary N) is 1. The van der Waals surface area contributed by atoms with Gasteiger partial charge in [0, 0.05) is 12.2 Å².